The molecule has 7 nitrogen and oxygen atoms in total. The van der Waals surface area contributed by atoms with E-state index in [4.69, 9.17) is 9.47 Å². The van der Waals surface area contributed by atoms with Crippen LogP contribution in [0.15, 0.2) is 30.5 Å². The summed E-state index contributed by atoms with van der Waals surface area (Å²) < 4.78 is 11.6. The van der Waals surface area contributed by atoms with Gasteiger partial charge in [-0.15, -0.1) is 0 Å². The molecule has 0 spiro atoms. The molecule has 0 radical (unpaired) electrons. The van der Waals surface area contributed by atoms with E-state index in [1.165, 1.54) is 6.92 Å². The van der Waals surface area contributed by atoms with Crippen molar-refractivity contribution < 1.29 is 19.1 Å². The van der Waals surface area contributed by atoms with Gasteiger partial charge in [-0.05, 0) is 50.5 Å². The van der Waals surface area contributed by atoms with Crippen molar-refractivity contribution in [2.45, 2.75) is 58.8 Å². The summed E-state index contributed by atoms with van der Waals surface area (Å²) in [5.41, 5.74) is 3.48. The van der Waals surface area contributed by atoms with Gasteiger partial charge in [0.05, 0.1) is 5.56 Å². The number of hydrogen-bond donors (Lipinski definition) is 2. The smallest absolute Gasteiger partial charge is 0.320 e. The molecule has 1 saturated carbocycles. The Labute approximate surface area is 177 Å². The van der Waals surface area contributed by atoms with Crippen LogP contribution in [0, 0.1) is 13.8 Å². The van der Waals surface area contributed by atoms with Gasteiger partial charge in [0.2, 0.25) is 5.79 Å². The molecule has 30 heavy (non-hydrogen) atoms. The van der Waals surface area contributed by atoms with Crippen LogP contribution in [0.3, 0.4) is 0 Å². The molecule has 0 saturated heterocycles. The van der Waals surface area contributed by atoms with Crippen molar-refractivity contribution >= 4 is 17.6 Å². The third-order valence-corrected chi connectivity index (χ3v) is 5.26. The van der Waals surface area contributed by atoms with Crippen molar-refractivity contribution in [2.24, 2.45) is 0 Å². The Morgan fingerprint density at radius 1 is 1.17 bits per heavy atom. The molecule has 1 heterocycles. The van der Waals surface area contributed by atoms with E-state index in [1.807, 2.05) is 26.0 Å². The number of carbonyl (C=O) groups excluding carboxylic acids is 2. The number of rotatable bonds is 7. The molecule has 0 bridgehead atoms. The Balaban J connectivity index is 1.79. The average Bonchev–Trinajstić information content (AvgIpc) is 3.41. The van der Waals surface area contributed by atoms with Gasteiger partial charge >= 0.3 is 6.03 Å². The molecule has 0 aliphatic heterocycles. The zero-order chi connectivity index (χ0) is 22.1. The van der Waals surface area contributed by atoms with Crippen LogP contribution in [0.4, 0.5) is 10.6 Å². The minimum absolute atomic E-state index is 0.0515. The van der Waals surface area contributed by atoms with E-state index >= 15 is 0 Å². The van der Waals surface area contributed by atoms with Gasteiger partial charge in [0.15, 0.2) is 5.78 Å². The van der Waals surface area contributed by atoms with Crippen LogP contribution < -0.4 is 15.4 Å². The fourth-order valence-corrected chi connectivity index (χ4v) is 3.37. The van der Waals surface area contributed by atoms with Gasteiger partial charge in [-0.25, -0.2) is 9.78 Å². The lowest BCUT2D eigenvalue weighted by molar-refractivity contribution is -0.134. The molecule has 3 rings (SSSR count). The number of nitrogens with one attached hydrogen (secondary N) is 2. The minimum Gasteiger partial charge on any atom is -0.462 e. The van der Waals surface area contributed by atoms with Gasteiger partial charge in [0.1, 0.15) is 11.6 Å². The fourth-order valence-electron chi connectivity index (χ4n) is 3.37. The topological polar surface area (TPSA) is 89.5 Å². The van der Waals surface area contributed by atoms with E-state index in [0.29, 0.717) is 17.1 Å². The molecule has 7 heteroatoms. The van der Waals surface area contributed by atoms with E-state index in [9.17, 15) is 9.59 Å². The third-order valence-electron chi connectivity index (χ3n) is 5.26. The van der Waals surface area contributed by atoms with E-state index in [2.05, 4.69) is 15.6 Å². The number of ketones is 1. The first-order chi connectivity index (χ1) is 14.1. The SMILES string of the molecule is COC(C)(C)Oc1c(C(C)=O)ccc(C)c1C1CC1NC(=O)Nc1ccc(C)cn1. The lowest BCUT2D eigenvalue weighted by Crippen LogP contribution is -2.33. The maximum atomic E-state index is 12.4. The zero-order valence-electron chi connectivity index (χ0n) is 18.3. The molecule has 160 valence electrons. The predicted molar refractivity (Wildman–Crippen MR) is 115 cm³/mol. The minimum atomic E-state index is -0.890. The number of aryl methyl sites for hydroxylation is 2. The van der Waals surface area contributed by atoms with Crippen LogP contribution in [0.1, 0.15) is 60.2 Å². The summed E-state index contributed by atoms with van der Waals surface area (Å²) in [6.07, 6.45) is 2.47. The van der Waals surface area contributed by atoms with Crippen molar-refractivity contribution in [1.82, 2.24) is 10.3 Å². The number of hydrogen-bond acceptors (Lipinski definition) is 5. The molecule has 2 unspecified atom stereocenters. The highest BCUT2D eigenvalue weighted by Gasteiger charge is 2.43. The summed E-state index contributed by atoms with van der Waals surface area (Å²) in [6, 6.07) is 7.00. The second kappa shape index (κ2) is 8.44. The van der Waals surface area contributed by atoms with Gasteiger partial charge < -0.3 is 14.8 Å². The van der Waals surface area contributed by atoms with Crippen LogP contribution in [-0.2, 0) is 4.74 Å². The van der Waals surface area contributed by atoms with E-state index in [1.54, 1.807) is 39.3 Å². The number of carbonyl (C=O) groups is 2. The Morgan fingerprint density at radius 3 is 2.50 bits per heavy atom. The van der Waals surface area contributed by atoms with Crippen molar-refractivity contribution in [3.63, 3.8) is 0 Å². The maximum Gasteiger partial charge on any atom is 0.320 e. The largest absolute Gasteiger partial charge is 0.462 e. The Hall–Kier alpha value is -2.93. The first-order valence-corrected chi connectivity index (χ1v) is 10.00. The van der Waals surface area contributed by atoms with Crippen molar-refractivity contribution in [1.29, 1.82) is 0 Å². The summed E-state index contributed by atoms with van der Waals surface area (Å²) in [6.45, 7) is 9.04. The molecular formula is C23H29N3O4. The molecule has 2 N–H and O–H groups in total. The number of aromatic nitrogens is 1. The number of anilines is 1. The van der Waals surface area contributed by atoms with Crippen LogP contribution in [0.2, 0.25) is 0 Å². The Bertz CT molecular complexity index is 954. The number of nitrogens with zero attached hydrogens (tertiary/aromatic N) is 1. The lowest BCUT2D eigenvalue weighted by Gasteiger charge is -2.28. The van der Waals surface area contributed by atoms with Crippen LogP contribution >= 0.6 is 0 Å². The monoisotopic (exact) mass is 411 g/mol. The number of urea groups is 1. The molecule has 2 amide bonds. The van der Waals surface area contributed by atoms with Crippen LogP contribution in [-0.4, -0.2) is 35.7 Å². The highest BCUT2D eigenvalue weighted by molar-refractivity contribution is 5.97. The van der Waals surface area contributed by atoms with Gasteiger partial charge in [0, 0.05) is 44.7 Å². The zero-order valence-corrected chi connectivity index (χ0v) is 18.3. The molecule has 2 atom stereocenters. The van der Waals surface area contributed by atoms with Gasteiger partial charge in [-0.2, -0.15) is 0 Å². The quantitative estimate of drug-likeness (QED) is 0.523. The van der Waals surface area contributed by atoms with E-state index < -0.39 is 5.79 Å². The normalized spacial score (nSPS) is 17.9. The summed E-state index contributed by atoms with van der Waals surface area (Å²) >= 11 is 0. The van der Waals surface area contributed by atoms with Crippen LogP contribution in [0.5, 0.6) is 5.75 Å². The number of methoxy groups -OCH3 is 1. The third kappa shape index (κ3) is 4.97. The molecular weight excluding hydrogens is 382 g/mol. The van der Waals surface area contributed by atoms with Crippen LogP contribution in [0.25, 0.3) is 0 Å². The average molecular weight is 412 g/mol. The molecule has 2 aromatic rings. The van der Waals surface area contributed by atoms with Gasteiger partial charge in [-0.1, -0.05) is 12.1 Å². The Kier molecular flexibility index (Phi) is 6.12. The van der Waals surface area contributed by atoms with E-state index in [0.717, 1.165) is 23.1 Å². The summed E-state index contributed by atoms with van der Waals surface area (Å²) in [7, 11) is 1.56. The first kappa shape index (κ1) is 21.8. The number of benzene rings is 1. The summed E-state index contributed by atoms with van der Waals surface area (Å²) in [4.78, 5) is 28.8. The molecule has 1 aliphatic carbocycles. The van der Waals surface area contributed by atoms with Gasteiger partial charge in [0.25, 0.3) is 0 Å². The highest BCUT2D eigenvalue weighted by atomic mass is 16.7. The van der Waals surface area contributed by atoms with E-state index in [-0.39, 0.29) is 23.8 Å². The second-order valence-electron chi connectivity index (χ2n) is 8.20. The molecule has 1 fully saturated rings. The number of amides is 2. The highest BCUT2D eigenvalue weighted by Crippen LogP contribution is 2.48. The number of Topliss-reactive ketones (excluding diaryl/α,β-unsaturated/α-hetero) is 1. The molecule has 1 aromatic heterocycles. The number of pyridine rings is 1. The number of ether oxygens (including phenoxy) is 2. The first-order valence-electron chi connectivity index (χ1n) is 10.00. The second-order valence-corrected chi connectivity index (χ2v) is 8.20. The standard InChI is InChI=1S/C23H29N3O4/c1-13-7-10-19(24-12-13)26-22(28)25-18-11-17(18)20-14(2)8-9-16(15(3)27)21(20)30-23(4,5)29-6/h7-10,12,17-18H,11H2,1-6H3,(H2,24,25,26,28). The Morgan fingerprint density at radius 2 is 1.90 bits per heavy atom. The van der Waals surface area contributed by atoms with Crippen molar-refractivity contribution in [3.8, 4) is 5.75 Å². The predicted octanol–water partition coefficient (Wildman–Crippen LogP) is 4.34. The maximum absolute atomic E-state index is 12.4. The lowest BCUT2D eigenvalue weighted by atomic mass is 9.97. The van der Waals surface area contributed by atoms with Gasteiger partial charge in [-0.3, -0.25) is 10.1 Å². The summed E-state index contributed by atoms with van der Waals surface area (Å²) in [5, 5.41) is 5.74. The fraction of sp³-hybridized carbons (Fsp3) is 0.435. The van der Waals surface area contributed by atoms with Crippen molar-refractivity contribution in [2.75, 3.05) is 12.4 Å². The molecule has 1 aromatic carbocycles. The molecule has 1 aliphatic rings. The van der Waals surface area contributed by atoms with Crippen molar-refractivity contribution in [3.05, 3.63) is 52.7 Å². The summed E-state index contributed by atoms with van der Waals surface area (Å²) in [5.74, 6) is 0.120.